The number of carbonyl (C=O) groups is 3. The molecule has 0 aromatic rings. The zero-order valence-electron chi connectivity index (χ0n) is 10.5. The molecule has 1 aliphatic rings. The van der Waals surface area contributed by atoms with E-state index in [-0.39, 0.29) is 11.8 Å². The molecule has 1 aliphatic heterocycles. The molecule has 2 atom stereocenters. The summed E-state index contributed by atoms with van der Waals surface area (Å²) in [6.07, 6.45) is 1.46. The lowest BCUT2D eigenvalue weighted by Crippen LogP contribution is -2.51. The van der Waals surface area contributed by atoms with Gasteiger partial charge in [-0.3, -0.25) is 14.4 Å². The first-order chi connectivity index (χ1) is 7.86. The van der Waals surface area contributed by atoms with Gasteiger partial charge in [0.1, 0.15) is 12.1 Å². The maximum absolute atomic E-state index is 12.1. The minimum atomic E-state index is -0.656. The van der Waals surface area contributed by atoms with Crippen LogP contribution in [0.1, 0.15) is 26.7 Å². The van der Waals surface area contributed by atoms with Crippen molar-refractivity contribution in [1.29, 1.82) is 0 Å². The molecular weight excluding hydrogens is 222 g/mol. The molecule has 0 aliphatic carbocycles. The molecule has 6 nitrogen and oxygen atoms in total. The van der Waals surface area contributed by atoms with Crippen LogP contribution in [0.4, 0.5) is 0 Å². The number of nitrogens with two attached hydrogens (primary N) is 1. The van der Waals surface area contributed by atoms with Crippen LogP contribution in [0.2, 0.25) is 0 Å². The first-order valence-corrected chi connectivity index (χ1v) is 5.69. The lowest BCUT2D eigenvalue weighted by molar-refractivity contribution is -0.145. The van der Waals surface area contributed by atoms with Gasteiger partial charge in [0.25, 0.3) is 0 Å². The van der Waals surface area contributed by atoms with Gasteiger partial charge in [0.15, 0.2) is 0 Å². The van der Waals surface area contributed by atoms with Crippen LogP contribution in [0, 0.1) is 0 Å². The second-order valence-electron chi connectivity index (χ2n) is 4.40. The van der Waals surface area contributed by atoms with Crippen molar-refractivity contribution >= 4 is 17.7 Å². The van der Waals surface area contributed by atoms with Gasteiger partial charge in [-0.1, -0.05) is 0 Å². The predicted octanol–water partition coefficient (Wildman–Crippen LogP) is -0.670. The molecule has 96 valence electrons. The summed E-state index contributed by atoms with van der Waals surface area (Å²) in [5.41, 5.74) is 5.15. The van der Waals surface area contributed by atoms with Gasteiger partial charge in [0, 0.05) is 20.5 Å². The van der Waals surface area contributed by atoms with E-state index in [2.05, 4.69) is 0 Å². The Kier molecular flexibility index (Phi) is 4.09. The maximum atomic E-state index is 12.1. The molecule has 0 unspecified atom stereocenters. The normalized spacial score (nSPS) is 21.1. The second kappa shape index (κ2) is 5.16. The fourth-order valence-corrected chi connectivity index (χ4v) is 2.02. The Hall–Kier alpha value is -1.59. The molecular formula is C11H19N3O3. The van der Waals surface area contributed by atoms with Crippen molar-refractivity contribution in [3.63, 3.8) is 0 Å². The second-order valence-corrected chi connectivity index (χ2v) is 4.40. The van der Waals surface area contributed by atoms with Gasteiger partial charge in [-0.25, -0.2) is 0 Å². The van der Waals surface area contributed by atoms with Crippen LogP contribution in [0.25, 0.3) is 0 Å². The van der Waals surface area contributed by atoms with Gasteiger partial charge in [-0.15, -0.1) is 0 Å². The highest BCUT2D eigenvalue weighted by atomic mass is 16.2. The third-order valence-electron chi connectivity index (χ3n) is 3.28. The SMILES string of the molecule is CC(=O)N1CCC[C@H]1C(=O)N(C)[C@@H](C)C(N)=O. The molecule has 6 heteroatoms. The van der Waals surface area contributed by atoms with Crippen molar-refractivity contribution in [2.45, 2.75) is 38.8 Å². The first kappa shape index (κ1) is 13.5. The van der Waals surface area contributed by atoms with E-state index in [1.807, 2.05) is 0 Å². The Labute approximate surface area is 101 Å². The summed E-state index contributed by atoms with van der Waals surface area (Å²) < 4.78 is 0. The summed E-state index contributed by atoms with van der Waals surface area (Å²) in [6, 6.07) is -1.10. The zero-order valence-corrected chi connectivity index (χ0v) is 10.5. The molecule has 0 aromatic heterocycles. The largest absolute Gasteiger partial charge is 0.368 e. The molecule has 2 N–H and O–H groups in total. The third-order valence-corrected chi connectivity index (χ3v) is 3.28. The van der Waals surface area contributed by atoms with Crippen LogP contribution in [0.15, 0.2) is 0 Å². The fraction of sp³-hybridized carbons (Fsp3) is 0.727. The summed E-state index contributed by atoms with van der Waals surface area (Å²) in [6.45, 7) is 3.63. The first-order valence-electron chi connectivity index (χ1n) is 5.69. The highest BCUT2D eigenvalue weighted by molar-refractivity contribution is 5.91. The molecule has 0 radical (unpaired) electrons. The number of amides is 3. The van der Waals surface area contributed by atoms with Crippen molar-refractivity contribution < 1.29 is 14.4 Å². The molecule has 1 fully saturated rings. The van der Waals surface area contributed by atoms with Crippen molar-refractivity contribution in [2.24, 2.45) is 5.73 Å². The lowest BCUT2D eigenvalue weighted by Gasteiger charge is -2.29. The van der Waals surface area contributed by atoms with Crippen LogP contribution in [-0.2, 0) is 14.4 Å². The molecule has 0 saturated carbocycles. The quantitative estimate of drug-likeness (QED) is 0.711. The van der Waals surface area contributed by atoms with Crippen LogP contribution in [0.3, 0.4) is 0 Å². The smallest absolute Gasteiger partial charge is 0.245 e. The van der Waals surface area contributed by atoms with Gasteiger partial charge < -0.3 is 15.5 Å². The molecule has 0 bridgehead atoms. The van der Waals surface area contributed by atoms with E-state index in [1.54, 1.807) is 11.8 Å². The summed E-state index contributed by atoms with van der Waals surface area (Å²) in [4.78, 5) is 37.4. The van der Waals surface area contributed by atoms with Crippen molar-refractivity contribution in [2.75, 3.05) is 13.6 Å². The van der Waals surface area contributed by atoms with Gasteiger partial charge in [0.2, 0.25) is 17.7 Å². The van der Waals surface area contributed by atoms with Gasteiger partial charge in [0.05, 0.1) is 0 Å². The van der Waals surface area contributed by atoms with Gasteiger partial charge in [-0.2, -0.15) is 0 Å². The van der Waals surface area contributed by atoms with E-state index in [9.17, 15) is 14.4 Å². The average Bonchev–Trinajstić information content (AvgIpc) is 2.74. The lowest BCUT2D eigenvalue weighted by atomic mass is 10.1. The summed E-state index contributed by atoms with van der Waals surface area (Å²) in [5.74, 6) is -0.877. The maximum Gasteiger partial charge on any atom is 0.245 e. The Morgan fingerprint density at radius 3 is 2.47 bits per heavy atom. The number of likely N-dealkylation sites (N-methyl/N-ethyl adjacent to an activating group) is 1. The topological polar surface area (TPSA) is 83.7 Å². The van der Waals surface area contributed by atoms with Gasteiger partial charge >= 0.3 is 0 Å². The highest BCUT2D eigenvalue weighted by Gasteiger charge is 2.35. The Bertz CT molecular complexity index is 343. The third kappa shape index (κ3) is 2.75. The summed E-state index contributed by atoms with van der Waals surface area (Å²) >= 11 is 0. The molecule has 1 saturated heterocycles. The number of rotatable bonds is 3. The van der Waals surface area contributed by atoms with Gasteiger partial charge in [-0.05, 0) is 19.8 Å². The molecule has 1 heterocycles. The van der Waals surface area contributed by atoms with Crippen LogP contribution >= 0.6 is 0 Å². The molecule has 0 spiro atoms. The van der Waals surface area contributed by atoms with Crippen LogP contribution in [0.5, 0.6) is 0 Å². The Balaban J connectivity index is 2.75. The standard InChI is InChI=1S/C11H19N3O3/c1-7(10(12)16)13(3)11(17)9-5-4-6-14(9)8(2)15/h7,9H,4-6H2,1-3H3,(H2,12,16)/t7-,9-/m0/s1. The highest BCUT2D eigenvalue weighted by Crippen LogP contribution is 2.19. The minimum Gasteiger partial charge on any atom is -0.368 e. The molecule has 0 aromatic carbocycles. The van der Waals surface area contributed by atoms with E-state index >= 15 is 0 Å². The Morgan fingerprint density at radius 1 is 1.41 bits per heavy atom. The van der Waals surface area contributed by atoms with E-state index < -0.39 is 18.0 Å². The van der Waals surface area contributed by atoms with E-state index in [0.29, 0.717) is 13.0 Å². The number of carbonyl (C=O) groups excluding carboxylic acids is 3. The minimum absolute atomic E-state index is 0.110. The molecule has 17 heavy (non-hydrogen) atoms. The van der Waals surface area contributed by atoms with Crippen LogP contribution in [-0.4, -0.2) is 53.2 Å². The van der Waals surface area contributed by atoms with Crippen molar-refractivity contribution in [3.8, 4) is 0 Å². The number of likely N-dealkylation sites (tertiary alicyclic amines) is 1. The van der Waals surface area contributed by atoms with E-state index in [0.717, 1.165) is 6.42 Å². The van der Waals surface area contributed by atoms with Crippen molar-refractivity contribution in [1.82, 2.24) is 9.80 Å². The Morgan fingerprint density at radius 2 is 2.00 bits per heavy atom. The molecule has 3 amide bonds. The summed E-state index contributed by atoms with van der Waals surface area (Å²) in [5, 5.41) is 0. The number of primary amides is 1. The number of hydrogen-bond donors (Lipinski definition) is 1. The zero-order chi connectivity index (χ0) is 13.2. The monoisotopic (exact) mass is 241 g/mol. The average molecular weight is 241 g/mol. The van der Waals surface area contributed by atoms with E-state index in [1.165, 1.54) is 18.9 Å². The number of hydrogen-bond acceptors (Lipinski definition) is 3. The van der Waals surface area contributed by atoms with Crippen LogP contribution < -0.4 is 5.73 Å². The number of nitrogens with zero attached hydrogens (tertiary/aromatic N) is 2. The summed E-state index contributed by atoms with van der Waals surface area (Å²) in [7, 11) is 1.54. The molecule has 1 rings (SSSR count). The van der Waals surface area contributed by atoms with E-state index in [4.69, 9.17) is 5.73 Å². The predicted molar refractivity (Wildman–Crippen MR) is 61.8 cm³/mol. The fourth-order valence-electron chi connectivity index (χ4n) is 2.02. The van der Waals surface area contributed by atoms with Crippen molar-refractivity contribution in [3.05, 3.63) is 0 Å².